The van der Waals surface area contributed by atoms with Crippen LogP contribution in [0.25, 0.3) is 0 Å². The molecule has 0 aromatic heterocycles. The van der Waals surface area contributed by atoms with Gasteiger partial charge in [0.2, 0.25) is 0 Å². The zero-order chi connectivity index (χ0) is 22.0. The first-order chi connectivity index (χ1) is 14.1. The van der Waals surface area contributed by atoms with Crippen molar-refractivity contribution in [2.24, 2.45) is 23.7 Å². The van der Waals surface area contributed by atoms with Crippen molar-refractivity contribution in [2.75, 3.05) is 6.61 Å². The maximum absolute atomic E-state index is 12.0. The van der Waals surface area contributed by atoms with Gasteiger partial charge < -0.3 is 39.7 Å². The van der Waals surface area contributed by atoms with E-state index in [2.05, 4.69) is 0 Å². The van der Waals surface area contributed by atoms with Crippen molar-refractivity contribution in [1.29, 1.82) is 0 Å². The third-order valence-electron chi connectivity index (χ3n) is 7.73. The summed E-state index contributed by atoms with van der Waals surface area (Å²) in [6.45, 7) is 4.95. The van der Waals surface area contributed by atoms with E-state index in [1.54, 1.807) is 6.92 Å². The normalized spacial score (nSPS) is 53.5. The van der Waals surface area contributed by atoms with Crippen molar-refractivity contribution in [3.63, 3.8) is 0 Å². The lowest BCUT2D eigenvalue weighted by Crippen LogP contribution is -2.60. The highest BCUT2D eigenvalue weighted by Gasteiger charge is 2.58. The highest BCUT2D eigenvalue weighted by Crippen LogP contribution is 2.53. The van der Waals surface area contributed by atoms with Gasteiger partial charge in [-0.2, -0.15) is 0 Å². The molecular weight excluding hydrogens is 396 g/mol. The number of ether oxygens (including phenoxy) is 3. The Morgan fingerprint density at radius 2 is 1.90 bits per heavy atom. The number of aliphatic hydroxyl groups excluding tert-OH is 4. The van der Waals surface area contributed by atoms with Crippen LogP contribution in [-0.4, -0.2) is 86.6 Å². The van der Waals surface area contributed by atoms with E-state index in [0.29, 0.717) is 12.8 Å². The predicted octanol–water partition coefficient (Wildman–Crippen LogP) is -0.914. The van der Waals surface area contributed by atoms with Gasteiger partial charge in [-0.25, -0.2) is 0 Å². The van der Waals surface area contributed by atoms with Gasteiger partial charge in [0.15, 0.2) is 6.29 Å². The minimum atomic E-state index is -1.54. The molecule has 0 aromatic carbocycles. The van der Waals surface area contributed by atoms with Crippen LogP contribution < -0.4 is 0 Å². The van der Waals surface area contributed by atoms with Crippen LogP contribution in [-0.2, 0) is 19.0 Å². The molecule has 30 heavy (non-hydrogen) atoms. The third-order valence-corrected chi connectivity index (χ3v) is 7.73. The van der Waals surface area contributed by atoms with Crippen LogP contribution in [0.4, 0.5) is 0 Å². The molecule has 1 unspecified atom stereocenters. The van der Waals surface area contributed by atoms with E-state index in [1.165, 1.54) is 0 Å². The number of carbonyl (C=O) groups is 1. The summed E-state index contributed by atoms with van der Waals surface area (Å²) < 4.78 is 16.9. The van der Waals surface area contributed by atoms with E-state index >= 15 is 0 Å². The maximum atomic E-state index is 12.0. The molecule has 2 aliphatic heterocycles. The molecule has 1 saturated carbocycles. The van der Waals surface area contributed by atoms with Crippen molar-refractivity contribution in [1.82, 2.24) is 0 Å². The standard InChI is InChI=1S/C21H32O9/c1-8-4-13-11(9(2)19(26)28-13)5-12-10(8)6-15(21(12,3)27)30-20-18(25)17(24)16(23)14(7-22)29-20/h4,9-18,20,22-25,27H,5-7H2,1-3H3/t9-,10?,11+,12+,13-,14+,15+,16+,17-,18+,20-,21-/m0/s1. The van der Waals surface area contributed by atoms with Gasteiger partial charge in [0, 0.05) is 5.92 Å². The lowest BCUT2D eigenvalue weighted by atomic mass is 9.76. The van der Waals surface area contributed by atoms with E-state index in [0.717, 1.165) is 5.57 Å². The van der Waals surface area contributed by atoms with Gasteiger partial charge in [0.05, 0.1) is 24.2 Å². The highest BCUT2D eigenvalue weighted by molar-refractivity contribution is 5.75. The largest absolute Gasteiger partial charge is 0.458 e. The van der Waals surface area contributed by atoms with E-state index in [-0.39, 0.29) is 35.7 Å². The van der Waals surface area contributed by atoms with Gasteiger partial charge in [-0.05, 0) is 44.6 Å². The first-order valence-electron chi connectivity index (χ1n) is 10.6. The number of rotatable bonds is 3. The summed E-state index contributed by atoms with van der Waals surface area (Å²) in [4.78, 5) is 12.0. The van der Waals surface area contributed by atoms with Gasteiger partial charge in [-0.3, -0.25) is 4.79 Å². The summed E-state index contributed by atoms with van der Waals surface area (Å²) in [5.74, 6) is -0.680. The van der Waals surface area contributed by atoms with Crippen molar-refractivity contribution in [2.45, 2.75) is 82.1 Å². The Balaban J connectivity index is 1.55. The summed E-state index contributed by atoms with van der Waals surface area (Å²) >= 11 is 0. The fourth-order valence-corrected chi connectivity index (χ4v) is 5.68. The molecule has 12 atom stereocenters. The molecule has 2 heterocycles. The molecule has 4 rings (SSSR count). The molecule has 4 aliphatic rings. The topological polar surface area (TPSA) is 146 Å². The Morgan fingerprint density at radius 1 is 1.20 bits per heavy atom. The molecule has 170 valence electrons. The smallest absolute Gasteiger partial charge is 0.309 e. The number of aliphatic hydroxyl groups is 5. The lowest BCUT2D eigenvalue weighted by Gasteiger charge is -2.42. The molecular formula is C21H32O9. The van der Waals surface area contributed by atoms with Gasteiger partial charge in [0.25, 0.3) is 0 Å². The van der Waals surface area contributed by atoms with Crippen LogP contribution in [0.1, 0.15) is 33.6 Å². The number of hydrogen-bond acceptors (Lipinski definition) is 9. The molecule has 0 bridgehead atoms. The van der Waals surface area contributed by atoms with Crippen LogP contribution in [0.15, 0.2) is 11.6 Å². The second-order valence-corrected chi connectivity index (χ2v) is 9.50. The fourth-order valence-electron chi connectivity index (χ4n) is 5.68. The Kier molecular flexibility index (Phi) is 5.76. The molecule has 0 aromatic rings. The van der Waals surface area contributed by atoms with Crippen LogP contribution in [0, 0.1) is 23.7 Å². The highest BCUT2D eigenvalue weighted by atomic mass is 16.7. The van der Waals surface area contributed by atoms with Crippen molar-refractivity contribution < 1.29 is 44.5 Å². The van der Waals surface area contributed by atoms with Gasteiger partial charge in [0.1, 0.15) is 30.5 Å². The molecule has 2 saturated heterocycles. The fraction of sp³-hybridized carbons (Fsp3) is 0.857. The van der Waals surface area contributed by atoms with Crippen LogP contribution in [0.5, 0.6) is 0 Å². The minimum absolute atomic E-state index is 0.00591. The first-order valence-corrected chi connectivity index (χ1v) is 10.6. The lowest BCUT2D eigenvalue weighted by molar-refractivity contribution is -0.321. The average Bonchev–Trinajstić information content (AvgIpc) is 3.03. The molecule has 0 radical (unpaired) electrons. The van der Waals surface area contributed by atoms with E-state index in [9.17, 15) is 30.3 Å². The van der Waals surface area contributed by atoms with E-state index < -0.39 is 49.0 Å². The SMILES string of the molecule is CC1=C[C@@H]2OC(=O)[C@@H](C)[C@H]2C[C@@H]2C1C[C@@H](O[C@@H]1O[C@H](CO)[C@@H](O)[C@H](O)[C@H]1O)[C@@]2(C)O. The van der Waals surface area contributed by atoms with Crippen LogP contribution >= 0.6 is 0 Å². The third kappa shape index (κ3) is 3.40. The summed E-state index contributed by atoms with van der Waals surface area (Å²) in [6.07, 6.45) is -4.85. The maximum Gasteiger partial charge on any atom is 0.309 e. The Bertz CT molecular complexity index is 705. The molecule has 5 N–H and O–H groups in total. The van der Waals surface area contributed by atoms with E-state index in [4.69, 9.17) is 14.2 Å². The second-order valence-electron chi connectivity index (χ2n) is 9.50. The summed E-state index contributed by atoms with van der Waals surface area (Å²) in [6, 6.07) is 0. The number of carbonyl (C=O) groups excluding carboxylic acids is 1. The average molecular weight is 428 g/mol. The summed E-state index contributed by atoms with van der Waals surface area (Å²) in [5.41, 5.74) is -0.256. The molecule has 0 spiro atoms. The Hall–Kier alpha value is -1.07. The van der Waals surface area contributed by atoms with Crippen molar-refractivity contribution >= 4 is 5.97 Å². The van der Waals surface area contributed by atoms with Crippen molar-refractivity contribution in [3.8, 4) is 0 Å². The number of hydrogen-bond donors (Lipinski definition) is 5. The van der Waals surface area contributed by atoms with Crippen LogP contribution in [0.2, 0.25) is 0 Å². The van der Waals surface area contributed by atoms with Gasteiger partial charge in [-0.15, -0.1) is 0 Å². The zero-order valence-electron chi connectivity index (χ0n) is 17.4. The molecule has 9 heteroatoms. The molecule has 3 fully saturated rings. The minimum Gasteiger partial charge on any atom is -0.458 e. The van der Waals surface area contributed by atoms with Gasteiger partial charge >= 0.3 is 5.97 Å². The van der Waals surface area contributed by atoms with Crippen molar-refractivity contribution in [3.05, 3.63) is 11.6 Å². The summed E-state index contributed by atoms with van der Waals surface area (Å²) in [5, 5.41) is 51.1. The second kappa shape index (κ2) is 7.81. The van der Waals surface area contributed by atoms with Crippen LogP contribution in [0.3, 0.4) is 0 Å². The Morgan fingerprint density at radius 3 is 2.57 bits per heavy atom. The predicted molar refractivity (Wildman–Crippen MR) is 102 cm³/mol. The Labute approximate surface area is 175 Å². The van der Waals surface area contributed by atoms with E-state index in [1.807, 2.05) is 19.9 Å². The number of allylic oxidation sites excluding steroid dienone is 1. The number of fused-ring (bicyclic) bond motifs is 2. The quantitative estimate of drug-likeness (QED) is 0.285. The number of esters is 1. The molecule has 0 amide bonds. The first kappa shape index (κ1) is 22.1. The molecule has 2 aliphatic carbocycles. The van der Waals surface area contributed by atoms with Gasteiger partial charge in [-0.1, -0.05) is 12.5 Å². The zero-order valence-corrected chi connectivity index (χ0v) is 17.4. The monoisotopic (exact) mass is 428 g/mol. The summed E-state index contributed by atoms with van der Waals surface area (Å²) in [7, 11) is 0. The molecule has 9 nitrogen and oxygen atoms in total.